The number of nitro groups is 2. The lowest BCUT2D eigenvalue weighted by molar-refractivity contribution is -0.392. The molecular weight excluding hydrogens is 736 g/mol. The number of carbonyl (C=O) groups is 4. The van der Waals surface area contributed by atoms with E-state index in [1.807, 2.05) is 0 Å². The van der Waals surface area contributed by atoms with E-state index >= 15 is 0 Å². The van der Waals surface area contributed by atoms with Gasteiger partial charge < -0.3 is 10.0 Å². The van der Waals surface area contributed by atoms with Gasteiger partial charge in [0.1, 0.15) is 11.6 Å². The molecule has 3 aromatic carbocycles. The highest BCUT2D eigenvalue weighted by Crippen LogP contribution is 2.66. The van der Waals surface area contributed by atoms with Crippen LogP contribution in [0.5, 0.6) is 5.75 Å². The van der Waals surface area contributed by atoms with E-state index in [9.17, 15) is 48.9 Å². The summed E-state index contributed by atoms with van der Waals surface area (Å²) in [6.07, 6.45) is 1.24. The molecule has 0 unspecified atom stereocenters. The maximum absolute atomic E-state index is 14.6. The minimum absolute atomic E-state index is 0.00477. The molecule has 17 heteroatoms. The molecule has 0 spiro atoms. The summed E-state index contributed by atoms with van der Waals surface area (Å²) in [5, 5.41) is 34.9. The molecular formula is C36H30Cl2FN5O9. The second-order valence-electron chi connectivity index (χ2n) is 14.0. The molecule has 0 aromatic heterocycles. The quantitative estimate of drug-likeness (QED) is 0.106. The van der Waals surface area contributed by atoms with E-state index in [0.717, 1.165) is 29.2 Å². The number of fused-ring (bicyclic) bond motifs is 4. The molecule has 53 heavy (non-hydrogen) atoms. The van der Waals surface area contributed by atoms with Gasteiger partial charge >= 0.3 is 11.4 Å². The third-order valence-electron chi connectivity index (χ3n) is 10.9. The van der Waals surface area contributed by atoms with Crippen LogP contribution in [-0.4, -0.2) is 62.4 Å². The number of allylic oxidation sites excluding steroid dienone is 2. The van der Waals surface area contributed by atoms with Crippen molar-refractivity contribution in [2.24, 2.45) is 17.8 Å². The number of hydrogen-bond donors (Lipinski definition) is 1. The largest absolute Gasteiger partial charge is 0.507 e. The molecule has 274 valence electrons. The first-order chi connectivity index (χ1) is 24.8. The first-order valence-electron chi connectivity index (χ1n) is 16.4. The van der Waals surface area contributed by atoms with Crippen molar-refractivity contribution in [2.75, 3.05) is 28.8 Å². The van der Waals surface area contributed by atoms with E-state index in [1.165, 1.54) is 31.1 Å². The summed E-state index contributed by atoms with van der Waals surface area (Å²) >= 11 is 14.8. The van der Waals surface area contributed by atoms with Crippen molar-refractivity contribution in [2.45, 2.75) is 42.4 Å². The minimum Gasteiger partial charge on any atom is -0.507 e. The summed E-state index contributed by atoms with van der Waals surface area (Å²) in [5.74, 6) is -8.50. The number of imide groups is 2. The standard InChI is InChI=1S/C36H30Cl2FN5O9/c1-16-11-18(12-17(2)30(16)45)28-22-9-10-23-27(24(22)15-35(37)33(48)42(34(49)36(28,35)38)20-7-5-19(39)6-8-20)32(47)41(31(23)46)21-13-25(43(50)51)29(40(3)4)26(14-21)44(52)53/h5-9,11-14,23-24,27-28,45H,10,15H2,1-4H3/t23-,24+,27-,28-,35+,36-/m0/s1. The van der Waals surface area contributed by atoms with E-state index in [1.54, 1.807) is 32.1 Å². The fourth-order valence-corrected chi connectivity index (χ4v) is 9.57. The molecule has 3 aromatic rings. The first-order valence-corrected chi connectivity index (χ1v) is 17.1. The molecule has 14 nitrogen and oxygen atoms in total. The van der Waals surface area contributed by atoms with Gasteiger partial charge in [0.05, 0.1) is 33.1 Å². The molecule has 6 atom stereocenters. The predicted octanol–water partition coefficient (Wildman–Crippen LogP) is 5.80. The monoisotopic (exact) mass is 765 g/mol. The summed E-state index contributed by atoms with van der Waals surface area (Å²) in [4.78, 5) is 78.5. The number of alkyl halides is 2. The van der Waals surface area contributed by atoms with Gasteiger partial charge in [-0.1, -0.05) is 23.8 Å². The zero-order valence-corrected chi connectivity index (χ0v) is 30.0. The number of halogens is 3. The summed E-state index contributed by atoms with van der Waals surface area (Å²) in [6.45, 7) is 3.27. The van der Waals surface area contributed by atoms with Crippen LogP contribution >= 0.6 is 23.2 Å². The molecule has 0 radical (unpaired) electrons. The third-order valence-corrected chi connectivity index (χ3v) is 12.3. The molecule has 2 aliphatic heterocycles. The van der Waals surface area contributed by atoms with Gasteiger partial charge in [-0.25, -0.2) is 14.2 Å². The molecule has 2 saturated heterocycles. The smallest absolute Gasteiger partial charge is 0.301 e. The van der Waals surface area contributed by atoms with Crippen LogP contribution in [-0.2, 0) is 19.2 Å². The number of nitro benzene ring substituents is 2. The lowest BCUT2D eigenvalue weighted by atomic mass is 9.56. The average molecular weight is 767 g/mol. The average Bonchev–Trinajstić information content (AvgIpc) is 3.44. The maximum Gasteiger partial charge on any atom is 0.301 e. The molecule has 7 rings (SSSR count). The number of aromatic hydroxyl groups is 1. The molecule has 4 amide bonds. The van der Waals surface area contributed by atoms with Gasteiger partial charge in [-0.05, 0) is 73.6 Å². The van der Waals surface area contributed by atoms with E-state index < -0.39 is 90.5 Å². The van der Waals surface area contributed by atoms with Crippen LogP contribution in [0.15, 0.2) is 60.2 Å². The van der Waals surface area contributed by atoms with Crippen molar-refractivity contribution in [1.82, 2.24) is 0 Å². The molecule has 4 aliphatic rings. The summed E-state index contributed by atoms with van der Waals surface area (Å²) in [5.41, 5.74) is -0.432. The first kappa shape index (κ1) is 36.0. The van der Waals surface area contributed by atoms with Crippen molar-refractivity contribution in [3.05, 3.63) is 103 Å². The highest BCUT2D eigenvalue weighted by Gasteiger charge is 2.76. The fraction of sp³-hybridized carbons (Fsp3) is 0.333. The number of phenolic OH excluding ortho intramolecular Hbond substituents is 1. The Bertz CT molecular complexity index is 2190. The fourth-order valence-electron chi connectivity index (χ4n) is 8.64. The second-order valence-corrected chi connectivity index (χ2v) is 15.2. The molecule has 2 aliphatic carbocycles. The second kappa shape index (κ2) is 12.1. The molecule has 1 N–H and O–H groups in total. The van der Waals surface area contributed by atoms with Crippen LogP contribution in [0.2, 0.25) is 0 Å². The van der Waals surface area contributed by atoms with Gasteiger partial charge in [-0.2, -0.15) is 0 Å². The Balaban J connectivity index is 1.40. The normalized spacial score (nSPS) is 27.7. The number of aryl methyl sites for hydroxylation is 2. The number of hydrogen-bond acceptors (Lipinski definition) is 10. The number of rotatable bonds is 6. The van der Waals surface area contributed by atoms with Crippen LogP contribution in [0.4, 0.5) is 32.8 Å². The van der Waals surface area contributed by atoms with Gasteiger partial charge in [0.2, 0.25) is 11.8 Å². The highest BCUT2D eigenvalue weighted by molar-refractivity contribution is 6.58. The van der Waals surface area contributed by atoms with Gasteiger partial charge in [-0.3, -0.25) is 39.4 Å². The maximum atomic E-state index is 14.6. The molecule has 0 bridgehead atoms. The minimum atomic E-state index is -2.23. The van der Waals surface area contributed by atoms with Crippen LogP contribution in [0, 0.1) is 57.6 Å². The van der Waals surface area contributed by atoms with Gasteiger partial charge in [0, 0.05) is 32.1 Å². The van der Waals surface area contributed by atoms with Crippen molar-refractivity contribution < 1.29 is 38.5 Å². The van der Waals surface area contributed by atoms with E-state index in [2.05, 4.69) is 0 Å². The van der Waals surface area contributed by atoms with Crippen molar-refractivity contribution in [1.29, 1.82) is 0 Å². The Morgan fingerprint density at radius 2 is 1.42 bits per heavy atom. The van der Waals surface area contributed by atoms with Gasteiger partial charge in [-0.15, -0.1) is 23.2 Å². The Morgan fingerprint density at radius 1 is 0.849 bits per heavy atom. The number of phenols is 1. The lowest BCUT2D eigenvalue weighted by Gasteiger charge is -2.50. The summed E-state index contributed by atoms with van der Waals surface area (Å²) in [6, 6.07) is 9.64. The summed E-state index contributed by atoms with van der Waals surface area (Å²) in [7, 11) is 2.76. The Hall–Kier alpha value is -5.41. The van der Waals surface area contributed by atoms with Crippen LogP contribution in [0.1, 0.15) is 35.4 Å². The lowest BCUT2D eigenvalue weighted by Crippen LogP contribution is -2.60. The third kappa shape index (κ3) is 4.89. The Kier molecular flexibility index (Phi) is 8.19. The Morgan fingerprint density at radius 3 is 1.94 bits per heavy atom. The van der Waals surface area contributed by atoms with Crippen molar-refractivity contribution in [3.63, 3.8) is 0 Å². The zero-order valence-electron chi connectivity index (χ0n) is 28.5. The van der Waals surface area contributed by atoms with Crippen molar-refractivity contribution in [3.8, 4) is 5.75 Å². The number of benzene rings is 3. The number of anilines is 3. The molecule has 2 heterocycles. The SMILES string of the molecule is Cc1cc([C@H]2C3=CC[C@@H]4C(=O)N(c5cc([N+](=O)[O-])c(N(C)C)c([N+](=O)[O-])c5)C(=O)[C@@H]4[C@@H]3C[C@@]3(Cl)C(=O)N(c4ccc(F)cc4)C(=O)[C@@]23Cl)cc(C)c1O. The number of nitrogens with zero attached hydrogens (tertiary/aromatic N) is 5. The number of carbonyl (C=O) groups excluding carboxylic acids is 4. The van der Waals surface area contributed by atoms with Crippen LogP contribution in [0.25, 0.3) is 0 Å². The highest BCUT2D eigenvalue weighted by atomic mass is 35.5. The van der Waals surface area contributed by atoms with E-state index in [-0.39, 0.29) is 29.2 Å². The van der Waals surface area contributed by atoms with Gasteiger partial charge in [0.25, 0.3) is 11.8 Å². The van der Waals surface area contributed by atoms with Crippen LogP contribution in [0.3, 0.4) is 0 Å². The van der Waals surface area contributed by atoms with Crippen molar-refractivity contribution >= 4 is 75.3 Å². The van der Waals surface area contributed by atoms with E-state index in [0.29, 0.717) is 27.2 Å². The molecule has 1 saturated carbocycles. The van der Waals surface area contributed by atoms with Crippen LogP contribution < -0.4 is 14.7 Å². The number of amides is 4. The predicted molar refractivity (Wildman–Crippen MR) is 191 cm³/mol. The summed E-state index contributed by atoms with van der Waals surface area (Å²) < 4.78 is 13.9. The Labute approximate surface area is 310 Å². The molecule has 3 fully saturated rings. The zero-order chi connectivity index (χ0) is 38.6. The topological polar surface area (TPSA) is 185 Å². The van der Waals surface area contributed by atoms with Gasteiger partial charge in [0.15, 0.2) is 15.4 Å². The van der Waals surface area contributed by atoms with E-state index in [4.69, 9.17) is 23.2 Å².